The van der Waals surface area contributed by atoms with E-state index in [9.17, 15) is 4.79 Å². The molecule has 0 saturated carbocycles. The van der Waals surface area contributed by atoms with Gasteiger partial charge in [0, 0.05) is 6.92 Å². The van der Waals surface area contributed by atoms with Gasteiger partial charge in [0.25, 0.3) is 0 Å². The SMILES string of the molecule is CC(=O)O[C@H]1CO[C@H](COCc2ccccc2)O1. The van der Waals surface area contributed by atoms with E-state index in [-0.39, 0.29) is 12.6 Å². The van der Waals surface area contributed by atoms with Crippen molar-refractivity contribution in [2.75, 3.05) is 13.2 Å². The van der Waals surface area contributed by atoms with E-state index in [1.807, 2.05) is 30.3 Å². The Bertz CT molecular complexity index is 378. The van der Waals surface area contributed by atoms with Crippen molar-refractivity contribution in [2.45, 2.75) is 26.1 Å². The quantitative estimate of drug-likeness (QED) is 0.743. The molecule has 98 valence electrons. The maximum absolute atomic E-state index is 10.7. The fraction of sp³-hybridized carbons (Fsp3) is 0.462. The van der Waals surface area contributed by atoms with Crippen LogP contribution in [0.1, 0.15) is 12.5 Å². The highest BCUT2D eigenvalue weighted by Crippen LogP contribution is 2.13. The Kier molecular flexibility index (Phi) is 4.69. The number of ether oxygens (including phenoxy) is 4. The lowest BCUT2D eigenvalue weighted by atomic mass is 10.2. The molecule has 1 fully saturated rings. The second-order valence-corrected chi connectivity index (χ2v) is 3.94. The minimum Gasteiger partial charge on any atom is -0.433 e. The third-order valence-corrected chi connectivity index (χ3v) is 2.38. The van der Waals surface area contributed by atoms with Gasteiger partial charge in [-0.25, -0.2) is 0 Å². The molecule has 18 heavy (non-hydrogen) atoms. The van der Waals surface area contributed by atoms with Crippen molar-refractivity contribution in [1.82, 2.24) is 0 Å². The van der Waals surface area contributed by atoms with Crippen LogP contribution in [0.3, 0.4) is 0 Å². The van der Waals surface area contributed by atoms with Gasteiger partial charge in [0.15, 0.2) is 6.29 Å². The average molecular weight is 252 g/mol. The van der Waals surface area contributed by atoms with Crippen LogP contribution in [0, 0.1) is 0 Å². The van der Waals surface area contributed by atoms with E-state index in [1.54, 1.807) is 0 Å². The summed E-state index contributed by atoms with van der Waals surface area (Å²) < 4.78 is 20.9. The van der Waals surface area contributed by atoms with Crippen LogP contribution >= 0.6 is 0 Å². The average Bonchev–Trinajstić information content (AvgIpc) is 2.77. The Labute approximate surface area is 106 Å². The largest absolute Gasteiger partial charge is 0.433 e. The molecule has 1 aliphatic heterocycles. The number of esters is 1. The molecule has 0 N–H and O–H groups in total. The Hall–Kier alpha value is -1.43. The van der Waals surface area contributed by atoms with Gasteiger partial charge in [0.2, 0.25) is 6.29 Å². The first-order valence-electron chi connectivity index (χ1n) is 5.80. The molecule has 2 rings (SSSR count). The molecule has 5 nitrogen and oxygen atoms in total. The summed E-state index contributed by atoms with van der Waals surface area (Å²) in [6.45, 7) is 2.40. The van der Waals surface area contributed by atoms with Crippen molar-refractivity contribution >= 4 is 5.97 Å². The highest BCUT2D eigenvalue weighted by molar-refractivity contribution is 5.66. The summed E-state index contributed by atoms with van der Waals surface area (Å²) in [5.41, 5.74) is 1.09. The van der Waals surface area contributed by atoms with Crippen LogP contribution in [-0.4, -0.2) is 31.8 Å². The molecule has 1 aliphatic rings. The molecule has 0 radical (unpaired) electrons. The smallest absolute Gasteiger partial charge is 0.305 e. The number of hydrogen-bond donors (Lipinski definition) is 0. The monoisotopic (exact) mass is 252 g/mol. The Morgan fingerprint density at radius 1 is 1.39 bits per heavy atom. The molecule has 1 saturated heterocycles. The van der Waals surface area contributed by atoms with E-state index in [2.05, 4.69) is 0 Å². The van der Waals surface area contributed by atoms with Gasteiger partial charge in [-0.05, 0) is 5.56 Å². The molecule has 2 atom stereocenters. The molecule has 0 aliphatic carbocycles. The second kappa shape index (κ2) is 6.49. The van der Waals surface area contributed by atoms with E-state index in [0.717, 1.165) is 5.56 Å². The van der Waals surface area contributed by atoms with Crippen LogP contribution in [0.25, 0.3) is 0 Å². The zero-order chi connectivity index (χ0) is 12.8. The van der Waals surface area contributed by atoms with Crippen molar-refractivity contribution in [3.05, 3.63) is 35.9 Å². The lowest BCUT2D eigenvalue weighted by Crippen LogP contribution is -2.21. The zero-order valence-corrected chi connectivity index (χ0v) is 10.2. The zero-order valence-electron chi connectivity index (χ0n) is 10.2. The van der Waals surface area contributed by atoms with Crippen LogP contribution in [0.2, 0.25) is 0 Å². The number of benzene rings is 1. The summed E-state index contributed by atoms with van der Waals surface area (Å²) in [5.74, 6) is -0.380. The summed E-state index contributed by atoms with van der Waals surface area (Å²) in [6.07, 6.45) is -1.09. The first-order chi connectivity index (χ1) is 8.74. The molecule has 5 heteroatoms. The molecule has 1 aromatic rings. The minimum absolute atomic E-state index is 0.249. The van der Waals surface area contributed by atoms with E-state index >= 15 is 0 Å². The van der Waals surface area contributed by atoms with Crippen LogP contribution in [0.4, 0.5) is 0 Å². The molecule has 1 heterocycles. The van der Waals surface area contributed by atoms with Gasteiger partial charge in [-0.2, -0.15) is 0 Å². The van der Waals surface area contributed by atoms with E-state index in [1.165, 1.54) is 6.92 Å². The van der Waals surface area contributed by atoms with Gasteiger partial charge < -0.3 is 18.9 Å². The first-order valence-corrected chi connectivity index (χ1v) is 5.80. The molecular formula is C13H16O5. The van der Waals surface area contributed by atoms with Gasteiger partial charge in [-0.1, -0.05) is 30.3 Å². The lowest BCUT2D eigenvalue weighted by molar-refractivity contribution is -0.180. The maximum Gasteiger partial charge on any atom is 0.305 e. The van der Waals surface area contributed by atoms with Crippen LogP contribution in [-0.2, 0) is 30.3 Å². The lowest BCUT2D eigenvalue weighted by Gasteiger charge is -2.11. The van der Waals surface area contributed by atoms with Crippen LogP contribution < -0.4 is 0 Å². The first kappa shape index (κ1) is 13.0. The van der Waals surface area contributed by atoms with Gasteiger partial charge in [0.1, 0.15) is 6.61 Å². The summed E-state index contributed by atoms with van der Waals surface area (Å²) in [5, 5.41) is 0. The predicted molar refractivity (Wildman–Crippen MR) is 62.5 cm³/mol. The second-order valence-electron chi connectivity index (χ2n) is 3.94. The molecule has 0 amide bonds. The normalized spacial score (nSPS) is 22.9. The maximum atomic E-state index is 10.7. The third kappa shape index (κ3) is 4.10. The fourth-order valence-electron chi connectivity index (χ4n) is 1.62. The Morgan fingerprint density at radius 2 is 2.17 bits per heavy atom. The Balaban J connectivity index is 1.65. The van der Waals surface area contributed by atoms with Crippen LogP contribution in [0.15, 0.2) is 30.3 Å². The fourth-order valence-corrected chi connectivity index (χ4v) is 1.62. The van der Waals surface area contributed by atoms with Gasteiger partial charge in [-0.15, -0.1) is 0 Å². The molecule has 0 unspecified atom stereocenters. The Morgan fingerprint density at radius 3 is 2.89 bits per heavy atom. The standard InChI is InChI=1S/C13H16O5/c1-10(14)17-13-9-16-12(18-13)8-15-7-11-5-3-2-4-6-11/h2-6,12-13H,7-9H2,1H3/t12-,13+/m0/s1. The van der Waals surface area contributed by atoms with Crippen LogP contribution in [0.5, 0.6) is 0 Å². The summed E-state index contributed by atoms with van der Waals surface area (Å²) in [7, 11) is 0. The van der Waals surface area contributed by atoms with Crippen molar-refractivity contribution in [3.8, 4) is 0 Å². The van der Waals surface area contributed by atoms with Gasteiger partial charge >= 0.3 is 5.97 Å². The highest BCUT2D eigenvalue weighted by atomic mass is 16.8. The number of hydrogen-bond acceptors (Lipinski definition) is 5. The minimum atomic E-state index is -0.618. The highest BCUT2D eigenvalue weighted by Gasteiger charge is 2.28. The van der Waals surface area contributed by atoms with Gasteiger partial charge in [-0.3, -0.25) is 4.79 Å². The van der Waals surface area contributed by atoms with Crippen molar-refractivity contribution in [3.63, 3.8) is 0 Å². The van der Waals surface area contributed by atoms with E-state index in [4.69, 9.17) is 18.9 Å². The number of carbonyl (C=O) groups is 1. The van der Waals surface area contributed by atoms with E-state index in [0.29, 0.717) is 13.2 Å². The molecule has 0 bridgehead atoms. The molecule has 0 spiro atoms. The predicted octanol–water partition coefficient (Wildman–Crippen LogP) is 1.47. The number of rotatable bonds is 5. The van der Waals surface area contributed by atoms with Gasteiger partial charge in [0.05, 0.1) is 13.2 Å². The van der Waals surface area contributed by atoms with Crippen molar-refractivity contribution in [1.29, 1.82) is 0 Å². The topological polar surface area (TPSA) is 54.0 Å². The summed E-state index contributed by atoms with van der Waals surface area (Å²) in [6, 6.07) is 9.84. The molecule has 0 aromatic heterocycles. The van der Waals surface area contributed by atoms with Crippen molar-refractivity contribution in [2.24, 2.45) is 0 Å². The summed E-state index contributed by atoms with van der Waals surface area (Å²) >= 11 is 0. The molecule has 1 aromatic carbocycles. The summed E-state index contributed by atoms with van der Waals surface area (Å²) in [4.78, 5) is 10.7. The third-order valence-electron chi connectivity index (χ3n) is 2.38. The van der Waals surface area contributed by atoms with Crippen molar-refractivity contribution < 1.29 is 23.7 Å². The van der Waals surface area contributed by atoms with E-state index < -0.39 is 12.6 Å². The number of carbonyl (C=O) groups excluding carboxylic acids is 1. The molecular weight excluding hydrogens is 236 g/mol.